The van der Waals surface area contributed by atoms with E-state index in [-0.39, 0.29) is 11.8 Å². The van der Waals surface area contributed by atoms with Gasteiger partial charge >= 0.3 is 0 Å². The summed E-state index contributed by atoms with van der Waals surface area (Å²) in [5.41, 5.74) is 2.82. The van der Waals surface area contributed by atoms with Crippen molar-refractivity contribution < 1.29 is 9.53 Å². The molecule has 2 aliphatic rings. The van der Waals surface area contributed by atoms with E-state index in [0.717, 1.165) is 41.5 Å². The van der Waals surface area contributed by atoms with Gasteiger partial charge in [0.1, 0.15) is 11.6 Å². The molecule has 0 radical (unpaired) electrons. The highest BCUT2D eigenvalue weighted by molar-refractivity contribution is 5.95. The van der Waals surface area contributed by atoms with Crippen LogP contribution in [0, 0.1) is 6.92 Å². The van der Waals surface area contributed by atoms with Crippen LogP contribution in [0.2, 0.25) is 0 Å². The molecular formula is C22H24N6O2. The number of para-hydroxylation sites is 1. The zero-order valence-electron chi connectivity index (χ0n) is 17.1. The Kier molecular flexibility index (Phi) is 4.61. The zero-order valence-corrected chi connectivity index (χ0v) is 17.1. The van der Waals surface area contributed by atoms with Crippen LogP contribution in [0.25, 0.3) is 5.82 Å². The van der Waals surface area contributed by atoms with E-state index < -0.39 is 0 Å². The first-order valence-electron chi connectivity index (χ1n) is 10.3. The average Bonchev–Trinajstić information content (AvgIpc) is 3.42. The van der Waals surface area contributed by atoms with Crippen molar-refractivity contribution in [2.45, 2.75) is 32.1 Å². The van der Waals surface area contributed by atoms with Crippen LogP contribution >= 0.6 is 0 Å². The third kappa shape index (κ3) is 3.08. The first-order valence-corrected chi connectivity index (χ1v) is 10.3. The molecule has 4 heterocycles. The van der Waals surface area contributed by atoms with Gasteiger partial charge in [0.15, 0.2) is 11.6 Å². The number of carbonyl (C=O) groups excluding carboxylic acids is 1. The van der Waals surface area contributed by atoms with Crippen LogP contribution < -0.4 is 15.0 Å². The second kappa shape index (κ2) is 7.44. The lowest BCUT2D eigenvalue weighted by Gasteiger charge is -2.25. The molecule has 2 aliphatic heterocycles. The van der Waals surface area contributed by atoms with Crippen molar-refractivity contribution in [3.63, 3.8) is 0 Å². The maximum Gasteiger partial charge on any atom is 0.226 e. The molecule has 0 saturated carbocycles. The Morgan fingerprint density at radius 2 is 1.80 bits per heavy atom. The number of fused-ring (bicyclic) bond motifs is 1. The number of nitrogens with one attached hydrogen (secondary N) is 1. The summed E-state index contributed by atoms with van der Waals surface area (Å²) in [5, 5.41) is 16.5. The number of hydrogen-bond acceptors (Lipinski definition) is 6. The molecule has 8 nitrogen and oxygen atoms in total. The minimum Gasteiger partial charge on any atom is -0.496 e. The highest BCUT2D eigenvalue weighted by atomic mass is 16.5. The fourth-order valence-corrected chi connectivity index (χ4v) is 4.48. The van der Waals surface area contributed by atoms with Gasteiger partial charge in [-0.05, 0) is 38.0 Å². The maximum atomic E-state index is 12.6. The molecule has 1 N–H and O–H groups in total. The highest BCUT2D eigenvalue weighted by Gasteiger charge is 2.34. The van der Waals surface area contributed by atoms with Crippen molar-refractivity contribution in [1.82, 2.24) is 20.0 Å². The maximum absolute atomic E-state index is 12.6. The van der Waals surface area contributed by atoms with E-state index in [1.165, 1.54) is 12.8 Å². The van der Waals surface area contributed by atoms with Gasteiger partial charge in [-0.25, -0.2) is 0 Å². The Balaban J connectivity index is 1.56. The summed E-state index contributed by atoms with van der Waals surface area (Å²) >= 11 is 0. The van der Waals surface area contributed by atoms with Gasteiger partial charge in [-0.1, -0.05) is 18.2 Å². The predicted octanol–water partition coefficient (Wildman–Crippen LogP) is 3.05. The van der Waals surface area contributed by atoms with Crippen LogP contribution in [0.5, 0.6) is 5.75 Å². The van der Waals surface area contributed by atoms with Gasteiger partial charge in [0.2, 0.25) is 5.91 Å². The molecule has 1 atom stereocenters. The van der Waals surface area contributed by atoms with E-state index in [0.29, 0.717) is 18.1 Å². The summed E-state index contributed by atoms with van der Waals surface area (Å²) in [6, 6.07) is 11.7. The molecule has 1 fully saturated rings. The molecule has 154 valence electrons. The van der Waals surface area contributed by atoms with E-state index in [4.69, 9.17) is 9.84 Å². The minimum atomic E-state index is -0.129. The van der Waals surface area contributed by atoms with Crippen LogP contribution in [0.3, 0.4) is 0 Å². The first kappa shape index (κ1) is 18.6. The second-order valence-electron chi connectivity index (χ2n) is 7.75. The van der Waals surface area contributed by atoms with Gasteiger partial charge in [0.05, 0.1) is 12.8 Å². The van der Waals surface area contributed by atoms with E-state index in [1.807, 2.05) is 43.3 Å². The molecule has 0 bridgehead atoms. The van der Waals surface area contributed by atoms with Gasteiger partial charge in [-0.2, -0.15) is 9.78 Å². The number of carbonyl (C=O) groups is 1. The van der Waals surface area contributed by atoms with Gasteiger partial charge < -0.3 is 15.0 Å². The Hall–Kier alpha value is -3.42. The largest absolute Gasteiger partial charge is 0.496 e. The highest BCUT2D eigenvalue weighted by Crippen LogP contribution is 2.42. The molecule has 8 heteroatoms. The van der Waals surface area contributed by atoms with Crippen LogP contribution in [-0.4, -0.2) is 46.1 Å². The number of ether oxygens (including phenoxy) is 1. The van der Waals surface area contributed by atoms with Crippen molar-refractivity contribution >= 4 is 17.5 Å². The molecule has 1 unspecified atom stereocenters. The number of hydrogen-bond donors (Lipinski definition) is 1. The fraction of sp³-hybridized carbons (Fsp3) is 0.364. The van der Waals surface area contributed by atoms with Crippen LogP contribution in [0.1, 0.15) is 42.0 Å². The molecule has 1 saturated heterocycles. The fourth-order valence-electron chi connectivity index (χ4n) is 4.48. The number of amides is 1. The molecule has 2 aromatic heterocycles. The summed E-state index contributed by atoms with van der Waals surface area (Å²) in [6.45, 7) is 3.99. The number of methoxy groups -OCH3 is 1. The zero-order chi connectivity index (χ0) is 20.7. The smallest absolute Gasteiger partial charge is 0.226 e. The first-order chi connectivity index (χ1) is 14.7. The van der Waals surface area contributed by atoms with Gasteiger partial charge in [-0.15, -0.1) is 10.2 Å². The SMILES string of the molecule is COc1ccccc1C1CC(=O)Nc2c1c(C)nn2-c1ccc(N2CCCC2)nn1. The number of rotatable bonds is 4. The second-order valence-corrected chi connectivity index (χ2v) is 7.75. The lowest BCUT2D eigenvalue weighted by atomic mass is 9.85. The lowest BCUT2D eigenvalue weighted by Crippen LogP contribution is -2.25. The van der Waals surface area contributed by atoms with E-state index in [2.05, 4.69) is 20.4 Å². The van der Waals surface area contributed by atoms with Crippen molar-refractivity contribution in [1.29, 1.82) is 0 Å². The summed E-state index contributed by atoms with van der Waals surface area (Å²) in [7, 11) is 1.65. The molecule has 0 aliphatic carbocycles. The van der Waals surface area contributed by atoms with Crippen LogP contribution in [0.4, 0.5) is 11.6 Å². The van der Waals surface area contributed by atoms with Gasteiger partial charge in [-0.3, -0.25) is 4.79 Å². The third-order valence-electron chi connectivity index (χ3n) is 5.90. The van der Waals surface area contributed by atoms with E-state index >= 15 is 0 Å². The number of anilines is 2. The standard InChI is InChI=1S/C22H24N6O2/c1-14-21-16(15-7-3-4-8-17(15)30-2)13-20(29)23-22(21)28(26-14)19-10-9-18(24-25-19)27-11-5-6-12-27/h3-4,7-10,16H,5-6,11-13H2,1-2H3,(H,23,29). The molecular weight excluding hydrogens is 380 g/mol. The third-order valence-corrected chi connectivity index (χ3v) is 5.90. The molecule has 1 aromatic carbocycles. The molecule has 0 spiro atoms. The van der Waals surface area contributed by atoms with Crippen molar-refractivity contribution in [3.8, 4) is 11.6 Å². The summed E-state index contributed by atoms with van der Waals surface area (Å²) in [5.74, 6) is 2.71. The van der Waals surface area contributed by atoms with Gasteiger partial charge in [0, 0.05) is 36.6 Å². The lowest BCUT2D eigenvalue weighted by molar-refractivity contribution is -0.116. The number of nitrogens with zero attached hydrogens (tertiary/aromatic N) is 5. The number of aromatic nitrogens is 4. The Labute approximate surface area is 174 Å². The normalized spacial score (nSPS) is 18.3. The van der Waals surface area contributed by atoms with Crippen molar-refractivity contribution in [2.24, 2.45) is 0 Å². The number of aryl methyl sites for hydroxylation is 1. The predicted molar refractivity (Wildman–Crippen MR) is 113 cm³/mol. The van der Waals surface area contributed by atoms with Gasteiger partial charge in [0.25, 0.3) is 0 Å². The van der Waals surface area contributed by atoms with E-state index in [9.17, 15) is 4.79 Å². The monoisotopic (exact) mass is 404 g/mol. The Bertz CT molecular complexity index is 1090. The van der Waals surface area contributed by atoms with E-state index in [1.54, 1.807) is 11.8 Å². The topological polar surface area (TPSA) is 85.2 Å². The molecule has 30 heavy (non-hydrogen) atoms. The van der Waals surface area contributed by atoms with Crippen molar-refractivity contribution in [3.05, 3.63) is 53.2 Å². The van der Waals surface area contributed by atoms with Crippen LogP contribution in [0.15, 0.2) is 36.4 Å². The summed E-state index contributed by atoms with van der Waals surface area (Å²) in [6.07, 6.45) is 2.72. The molecule has 3 aromatic rings. The molecule has 5 rings (SSSR count). The minimum absolute atomic E-state index is 0.0544. The Morgan fingerprint density at radius 1 is 1.07 bits per heavy atom. The van der Waals surface area contributed by atoms with Crippen molar-refractivity contribution in [2.75, 3.05) is 30.4 Å². The number of benzene rings is 1. The average molecular weight is 404 g/mol. The summed E-state index contributed by atoms with van der Waals surface area (Å²) < 4.78 is 7.24. The Morgan fingerprint density at radius 3 is 2.53 bits per heavy atom. The molecule has 1 amide bonds. The van der Waals surface area contributed by atoms with Crippen LogP contribution in [-0.2, 0) is 4.79 Å². The quantitative estimate of drug-likeness (QED) is 0.719. The summed E-state index contributed by atoms with van der Waals surface area (Å²) in [4.78, 5) is 14.8.